The predicted molar refractivity (Wildman–Crippen MR) is 128 cm³/mol. The van der Waals surface area contributed by atoms with Crippen LogP contribution >= 0.6 is 0 Å². The largest absolute Gasteiger partial charge is 0.493 e. The normalized spacial score (nSPS) is 20.5. The maximum Gasteiger partial charge on any atom is 0.338 e. The van der Waals surface area contributed by atoms with Crippen molar-refractivity contribution in [3.8, 4) is 11.5 Å². The summed E-state index contributed by atoms with van der Waals surface area (Å²) in [5, 5.41) is 5.74. The molecular formula is C26H31N3O5. The van der Waals surface area contributed by atoms with Crippen LogP contribution in [0.25, 0.3) is 0 Å². The highest BCUT2D eigenvalue weighted by atomic mass is 16.5. The number of esters is 1. The Hall–Kier alpha value is -3.52. The first-order valence-corrected chi connectivity index (χ1v) is 11.5. The molecule has 180 valence electrons. The smallest absolute Gasteiger partial charge is 0.338 e. The molecule has 0 unspecified atom stereocenters. The minimum absolute atomic E-state index is 0.228. The molecule has 8 heteroatoms. The predicted octanol–water partition coefficient (Wildman–Crippen LogP) is 3.36. The van der Waals surface area contributed by atoms with Gasteiger partial charge in [-0.25, -0.2) is 9.59 Å². The van der Waals surface area contributed by atoms with Crippen molar-refractivity contribution < 1.29 is 23.8 Å². The number of amides is 2. The number of methoxy groups -OCH3 is 2. The fourth-order valence-corrected chi connectivity index (χ4v) is 4.76. The molecule has 0 saturated carbocycles. The van der Waals surface area contributed by atoms with E-state index in [4.69, 9.17) is 14.2 Å². The van der Waals surface area contributed by atoms with Gasteiger partial charge in [0.15, 0.2) is 11.5 Å². The number of hydrogen-bond donors (Lipinski definition) is 2. The number of hydrogen-bond acceptors (Lipinski definition) is 6. The lowest BCUT2D eigenvalue weighted by molar-refractivity contribution is -0.139. The standard InChI is InChI=1S/C26H31N3O5/c1-4-34-25(30)22-20(16-29-14-13-18(15-29)17-9-6-5-7-10-17)27-26(31)28-23(22)19-11-8-12-21(32-2)24(19)33-3/h5-12,18,23H,4,13-16H2,1-3H3,(H2,27,28,31)/t18-,23+/m0/s1. The Bertz CT molecular complexity index is 1070. The van der Waals surface area contributed by atoms with Crippen LogP contribution in [-0.2, 0) is 9.53 Å². The van der Waals surface area contributed by atoms with Crippen LogP contribution in [0.2, 0.25) is 0 Å². The Morgan fingerprint density at radius 3 is 2.59 bits per heavy atom. The second kappa shape index (κ2) is 10.6. The van der Waals surface area contributed by atoms with Crippen molar-refractivity contribution in [1.29, 1.82) is 0 Å². The number of rotatable bonds is 8. The lowest BCUT2D eigenvalue weighted by Crippen LogP contribution is -2.48. The molecule has 2 N–H and O–H groups in total. The third-order valence-corrected chi connectivity index (χ3v) is 6.32. The van der Waals surface area contributed by atoms with Crippen LogP contribution in [0.3, 0.4) is 0 Å². The fraction of sp³-hybridized carbons (Fsp3) is 0.385. The molecule has 8 nitrogen and oxygen atoms in total. The van der Waals surface area contributed by atoms with Gasteiger partial charge in [0.05, 0.1) is 32.4 Å². The molecule has 34 heavy (non-hydrogen) atoms. The van der Waals surface area contributed by atoms with E-state index in [-0.39, 0.29) is 12.6 Å². The number of para-hydroxylation sites is 1. The molecule has 2 aliphatic heterocycles. The number of carbonyl (C=O) groups excluding carboxylic acids is 2. The minimum atomic E-state index is -0.736. The van der Waals surface area contributed by atoms with Crippen molar-refractivity contribution in [3.05, 3.63) is 70.9 Å². The first-order valence-electron chi connectivity index (χ1n) is 11.5. The van der Waals surface area contributed by atoms with E-state index in [0.29, 0.717) is 40.8 Å². The SMILES string of the molecule is CCOC(=O)C1=C(CN2CC[C@H](c3ccccc3)C2)NC(=O)N[C@@H]1c1cccc(OC)c1OC. The molecule has 2 aromatic rings. The van der Waals surface area contributed by atoms with Crippen LogP contribution in [0.15, 0.2) is 59.8 Å². The van der Waals surface area contributed by atoms with Gasteiger partial charge >= 0.3 is 12.0 Å². The Kier molecular flexibility index (Phi) is 7.37. The van der Waals surface area contributed by atoms with Gasteiger partial charge < -0.3 is 24.8 Å². The van der Waals surface area contributed by atoms with Crippen LogP contribution in [0.1, 0.15) is 36.4 Å². The summed E-state index contributed by atoms with van der Waals surface area (Å²) in [4.78, 5) is 28.1. The van der Waals surface area contributed by atoms with Crippen molar-refractivity contribution in [2.24, 2.45) is 0 Å². The molecule has 0 aromatic heterocycles. The second-order valence-electron chi connectivity index (χ2n) is 8.36. The Morgan fingerprint density at radius 1 is 1.09 bits per heavy atom. The number of ether oxygens (including phenoxy) is 3. The molecule has 2 amide bonds. The van der Waals surface area contributed by atoms with Crippen molar-refractivity contribution in [3.63, 3.8) is 0 Å². The molecule has 1 saturated heterocycles. The summed E-state index contributed by atoms with van der Waals surface area (Å²) >= 11 is 0. The number of nitrogens with one attached hydrogen (secondary N) is 2. The van der Waals surface area contributed by atoms with Gasteiger partial charge in [-0.3, -0.25) is 4.90 Å². The number of benzene rings is 2. The van der Waals surface area contributed by atoms with Crippen LogP contribution < -0.4 is 20.1 Å². The van der Waals surface area contributed by atoms with Crippen LogP contribution in [0.5, 0.6) is 11.5 Å². The Morgan fingerprint density at radius 2 is 1.88 bits per heavy atom. The van der Waals surface area contributed by atoms with Crippen LogP contribution in [-0.4, -0.2) is 57.4 Å². The average Bonchev–Trinajstić information content (AvgIpc) is 3.32. The molecule has 0 spiro atoms. The quantitative estimate of drug-likeness (QED) is 0.581. The van der Waals surface area contributed by atoms with E-state index < -0.39 is 12.0 Å². The lowest BCUT2D eigenvalue weighted by atomic mass is 9.93. The van der Waals surface area contributed by atoms with E-state index in [0.717, 1.165) is 19.5 Å². The monoisotopic (exact) mass is 465 g/mol. The lowest BCUT2D eigenvalue weighted by Gasteiger charge is -2.32. The van der Waals surface area contributed by atoms with Crippen molar-refractivity contribution in [1.82, 2.24) is 15.5 Å². The molecule has 2 heterocycles. The molecule has 2 aromatic carbocycles. The molecular weight excluding hydrogens is 434 g/mol. The van der Waals surface area contributed by atoms with Gasteiger partial charge in [0.2, 0.25) is 0 Å². The van der Waals surface area contributed by atoms with Gasteiger partial charge in [-0.1, -0.05) is 42.5 Å². The summed E-state index contributed by atoms with van der Waals surface area (Å²) in [5.74, 6) is 0.921. The summed E-state index contributed by atoms with van der Waals surface area (Å²) in [7, 11) is 3.08. The highest BCUT2D eigenvalue weighted by molar-refractivity contribution is 5.95. The van der Waals surface area contributed by atoms with Gasteiger partial charge in [0, 0.05) is 24.4 Å². The van der Waals surface area contributed by atoms with Crippen molar-refractivity contribution >= 4 is 12.0 Å². The summed E-state index contributed by atoms with van der Waals surface area (Å²) in [5.41, 5.74) is 2.85. The van der Waals surface area contributed by atoms with E-state index in [1.807, 2.05) is 12.1 Å². The maximum atomic E-state index is 13.2. The average molecular weight is 466 g/mol. The summed E-state index contributed by atoms with van der Waals surface area (Å²) in [6.07, 6.45) is 1.02. The van der Waals surface area contributed by atoms with Crippen LogP contribution in [0, 0.1) is 0 Å². The highest BCUT2D eigenvalue weighted by Crippen LogP contribution is 2.39. The van der Waals surface area contributed by atoms with Gasteiger partial charge in [-0.2, -0.15) is 0 Å². The number of nitrogens with zero attached hydrogens (tertiary/aromatic N) is 1. The van der Waals surface area contributed by atoms with Gasteiger partial charge in [-0.05, 0) is 37.4 Å². The highest BCUT2D eigenvalue weighted by Gasteiger charge is 2.37. The van der Waals surface area contributed by atoms with Gasteiger partial charge in [-0.15, -0.1) is 0 Å². The van der Waals surface area contributed by atoms with Gasteiger partial charge in [0.25, 0.3) is 0 Å². The van der Waals surface area contributed by atoms with E-state index in [1.165, 1.54) is 12.7 Å². The zero-order valence-corrected chi connectivity index (χ0v) is 19.8. The van der Waals surface area contributed by atoms with E-state index in [2.05, 4.69) is 39.8 Å². The molecule has 4 rings (SSSR count). The fourth-order valence-electron chi connectivity index (χ4n) is 4.76. The molecule has 0 aliphatic carbocycles. The zero-order chi connectivity index (χ0) is 24.1. The summed E-state index contributed by atoms with van der Waals surface area (Å²) < 4.78 is 16.4. The topological polar surface area (TPSA) is 89.1 Å². The van der Waals surface area contributed by atoms with E-state index in [9.17, 15) is 9.59 Å². The van der Waals surface area contributed by atoms with Crippen molar-refractivity contribution in [2.45, 2.75) is 25.3 Å². The first-order chi connectivity index (χ1) is 16.5. The summed E-state index contributed by atoms with van der Waals surface area (Å²) in [6.45, 7) is 4.15. The summed E-state index contributed by atoms with van der Waals surface area (Å²) in [6, 6.07) is 14.7. The van der Waals surface area contributed by atoms with E-state index >= 15 is 0 Å². The molecule has 2 aliphatic rings. The molecule has 0 radical (unpaired) electrons. The molecule has 0 bridgehead atoms. The third kappa shape index (κ3) is 4.87. The van der Waals surface area contributed by atoms with Crippen LogP contribution in [0.4, 0.5) is 4.79 Å². The van der Waals surface area contributed by atoms with E-state index in [1.54, 1.807) is 26.2 Å². The second-order valence-corrected chi connectivity index (χ2v) is 8.36. The Labute approximate surface area is 199 Å². The molecule has 1 fully saturated rings. The number of urea groups is 1. The zero-order valence-electron chi connectivity index (χ0n) is 19.8. The third-order valence-electron chi connectivity index (χ3n) is 6.32. The number of likely N-dealkylation sites (tertiary alicyclic amines) is 1. The Balaban J connectivity index is 1.68. The minimum Gasteiger partial charge on any atom is -0.493 e. The van der Waals surface area contributed by atoms with Crippen molar-refractivity contribution in [2.75, 3.05) is 40.5 Å². The number of carbonyl (C=O) groups is 2. The maximum absolute atomic E-state index is 13.2. The van der Waals surface area contributed by atoms with Gasteiger partial charge in [0.1, 0.15) is 0 Å². The first kappa shape index (κ1) is 23.6. The molecule has 2 atom stereocenters.